The molecule has 0 aliphatic carbocycles. The Labute approximate surface area is 122 Å². The number of rotatable bonds is 6. The van der Waals surface area contributed by atoms with Crippen molar-refractivity contribution >= 4 is 5.69 Å². The molecule has 1 atom stereocenters. The minimum atomic E-state index is 0.702. The first-order valence-electron chi connectivity index (χ1n) is 7.40. The van der Waals surface area contributed by atoms with Crippen molar-refractivity contribution in [3.05, 3.63) is 18.2 Å². The molecule has 1 fully saturated rings. The molecule has 1 aromatic rings. The van der Waals surface area contributed by atoms with Gasteiger partial charge in [0.1, 0.15) is 11.5 Å². The van der Waals surface area contributed by atoms with E-state index >= 15 is 0 Å². The van der Waals surface area contributed by atoms with E-state index in [0.717, 1.165) is 30.2 Å². The standard InChI is InChI=1S/C16H26N2O2/c1-18-11-5-4-6-13(18)9-10-17-15-12-14(19-2)7-8-16(15)20-3/h7-8,12-13,17H,4-6,9-11H2,1-3H3. The van der Waals surface area contributed by atoms with Crippen molar-refractivity contribution in [3.8, 4) is 11.5 Å². The van der Waals surface area contributed by atoms with E-state index < -0.39 is 0 Å². The number of methoxy groups -OCH3 is 2. The van der Waals surface area contributed by atoms with Crippen molar-refractivity contribution in [2.45, 2.75) is 31.7 Å². The monoisotopic (exact) mass is 278 g/mol. The summed E-state index contributed by atoms with van der Waals surface area (Å²) < 4.78 is 10.6. The summed E-state index contributed by atoms with van der Waals surface area (Å²) in [6, 6.07) is 6.55. The molecule has 2 rings (SSSR count). The molecule has 112 valence electrons. The number of nitrogens with zero attached hydrogens (tertiary/aromatic N) is 1. The van der Waals surface area contributed by atoms with E-state index in [2.05, 4.69) is 17.3 Å². The summed E-state index contributed by atoms with van der Waals surface area (Å²) in [7, 11) is 5.61. The third kappa shape index (κ3) is 3.79. The molecule has 0 radical (unpaired) electrons. The lowest BCUT2D eigenvalue weighted by Gasteiger charge is -2.32. The van der Waals surface area contributed by atoms with Gasteiger partial charge < -0.3 is 19.7 Å². The van der Waals surface area contributed by atoms with Crippen LogP contribution in [0, 0.1) is 0 Å². The molecular weight excluding hydrogens is 252 g/mol. The number of ether oxygens (including phenoxy) is 2. The van der Waals surface area contributed by atoms with Crippen LogP contribution in [0.25, 0.3) is 0 Å². The molecule has 0 spiro atoms. The third-order valence-corrected chi connectivity index (χ3v) is 4.12. The Hall–Kier alpha value is -1.42. The molecule has 0 aromatic heterocycles. The van der Waals surface area contributed by atoms with Gasteiger partial charge in [0.2, 0.25) is 0 Å². The van der Waals surface area contributed by atoms with Crippen molar-refractivity contribution in [1.29, 1.82) is 0 Å². The highest BCUT2D eigenvalue weighted by molar-refractivity contribution is 5.59. The van der Waals surface area contributed by atoms with Gasteiger partial charge >= 0.3 is 0 Å². The predicted molar refractivity (Wildman–Crippen MR) is 82.9 cm³/mol. The van der Waals surface area contributed by atoms with E-state index in [1.54, 1.807) is 14.2 Å². The van der Waals surface area contributed by atoms with Crippen LogP contribution in [0.15, 0.2) is 18.2 Å². The largest absolute Gasteiger partial charge is 0.497 e. The average Bonchev–Trinajstić information content (AvgIpc) is 2.49. The zero-order chi connectivity index (χ0) is 14.4. The maximum atomic E-state index is 5.38. The minimum absolute atomic E-state index is 0.702. The molecule has 1 aliphatic heterocycles. The van der Waals surface area contributed by atoms with Crippen LogP contribution < -0.4 is 14.8 Å². The Morgan fingerprint density at radius 1 is 1.25 bits per heavy atom. The molecule has 1 aliphatic rings. The molecule has 1 saturated heterocycles. The van der Waals surface area contributed by atoms with Crippen molar-refractivity contribution in [2.24, 2.45) is 0 Å². The number of hydrogen-bond acceptors (Lipinski definition) is 4. The number of piperidine rings is 1. The Bertz CT molecular complexity index is 423. The number of benzene rings is 1. The van der Waals surface area contributed by atoms with E-state index in [1.807, 2.05) is 18.2 Å². The first kappa shape index (κ1) is 15.0. The fourth-order valence-corrected chi connectivity index (χ4v) is 2.83. The van der Waals surface area contributed by atoms with Crippen molar-refractivity contribution in [3.63, 3.8) is 0 Å². The van der Waals surface area contributed by atoms with Crippen LogP contribution in [-0.2, 0) is 0 Å². The van der Waals surface area contributed by atoms with Gasteiger partial charge in [-0.05, 0) is 45.0 Å². The van der Waals surface area contributed by atoms with Gasteiger partial charge in [0, 0.05) is 18.7 Å². The quantitative estimate of drug-likeness (QED) is 0.867. The van der Waals surface area contributed by atoms with Crippen LogP contribution in [0.5, 0.6) is 11.5 Å². The van der Waals surface area contributed by atoms with Gasteiger partial charge in [-0.25, -0.2) is 0 Å². The second-order valence-electron chi connectivity index (χ2n) is 5.41. The molecule has 1 aromatic carbocycles. The summed E-state index contributed by atoms with van der Waals surface area (Å²) in [6.07, 6.45) is 5.17. The Kier molecular flexibility index (Phi) is 5.53. The molecule has 1 heterocycles. The van der Waals surface area contributed by atoms with Crippen LogP contribution in [0.1, 0.15) is 25.7 Å². The number of hydrogen-bond donors (Lipinski definition) is 1. The third-order valence-electron chi connectivity index (χ3n) is 4.12. The van der Waals surface area contributed by atoms with Crippen LogP contribution in [0.4, 0.5) is 5.69 Å². The van der Waals surface area contributed by atoms with Crippen molar-refractivity contribution in [2.75, 3.05) is 39.7 Å². The summed E-state index contributed by atoms with van der Waals surface area (Å²) in [5.74, 6) is 1.71. The SMILES string of the molecule is COc1ccc(OC)c(NCCC2CCCCN2C)c1. The lowest BCUT2D eigenvalue weighted by Crippen LogP contribution is -2.37. The van der Waals surface area contributed by atoms with Crippen LogP contribution in [0.3, 0.4) is 0 Å². The summed E-state index contributed by atoms with van der Waals surface area (Å²) in [5.41, 5.74) is 1.00. The van der Waals surface area contributed by atoms with Crippen LogP contribution in [-0.4, -0.2) is 45.3 Å². The molecule has 1 N–H and O–H groups in total. The first-order chi connectivity index (χ1) is 9.74. The van der Waals surface area contributed by atoms with Gasteiger partial charge in [-0.15, -0.1) is 0 Å². The number of nitrogens with one attached hydrogen (secondary N) is 1. The zero-order valence-corrected chi connectivity index (χ0v) is 12.8. The Morgan fingerprint density at radius 3 is 2.80 bits per heavy atom. The maximum Gasteiger partial charge on any atom is 0.142 e. The normalized spacial score (nSPS) is 19.6. The molecule has 0 bridgehead atoms. The Balaban J connectivity index is 1.89. The molecule has 0 saturated carbocycles. The second kappa shape index (κ2) is 7.39. The second-order valence-corrected chi connectivity index (χ2v) is 5.41. The van der Waals surface area contributed by atoms with Gasteiger partial charge in [0.15, 0.2) is 0 Å². The summed E-state index contributed by atoms with van der Waals surface area (Å²) in [6.45, 7) is 2.19. The molecule has 4 heteroatoms. The first-order valence-corrected chi connectivity index (χ1v) is 7.40. The van der Waals surface area contributed by atoms with E-state index in [1.165, 1.54) is 25.8 Å². The average molecular weight is 278 g/mol. The minimum Gasteiger partial charge on any atom is -0.497 e. The van der Waals surface area contributed by atoms with Gasteiger partial charge in [-0.1, -0.05) is 6.42 Å². The molecule has 0 amide bonds. The Morgan fingerprint density at radius 2 is 2.10 bits per heavy atom. The van der Waals surface area contributed by atoms with Crippen LogP contribution in [0.2, 0.25) is 0 Å². The van der Waals surface area contributed by atoms with E-state index in [4.69, 9.17) is 9.47 Å². The van der Waals surface area contributed by atoms with Crippen LogP contribution >= 0.6 is 0 Å². The number of likely N-dealkylation sites (tertiary alicyclic amines) is 1. The predicted octanol–water partition coefficient (Wildman–Crippen LogP) is 2.99. The highest BCUT2D eigenvalue weighted by Crippen LogP contribution is 2.29. The van der Waals surface area contributed by atoms with Gasteiger partial charge in [0.25, 0.3) is 0 Å². The molecule has 20 heavy (non-hydrogen) atoms. The van der Waals surface area contributed by atoms with Gasteiger partial charge in [-0.2, -0.15) is 0 Å². The van der Waals surface area contributed by atoms with Gasteiger partial charge in [0.05, 0.1) is 19.9 Å². The fraction of sp³-hybridized carbons (Fsp3) is 0.625. The summed E-state index contributed by atoms with van der Waals surface area (Å²) in [5, 5.41) is 3.48. The molecular formula is C16H26N2O2. The van der Waals surface area contributed by atoms with E-state index in [0.29, 0.717) is 6.04 Å². The van der Waals surface area contributed by atoms with Crippen molar-refractivity contribution < 1.29 is 9.47 Å². The lowest BCUT2D eigenvalue weighted by molar-refractivity contribution is 0.179. The van der Waals surface area contributed by atoms with Gasteiger partial charge in [-0.3, -0.25) is 0 Å². The fourth-order valence-electron chi connectivity index (χ4n) is 2.83. The zero-order valence-electron chi connectivity index (χ0n) is 12.8. The highest BCUT2D eigenvalue weighted by atomic mass is 16.5. The molecule has 1 unspecified atom stereocenters. The van der Waals surface area contributed by atoms with E-state index in [9.17, 15) is 0 Å². The lowest BCUT2D eigenvalue weighted by atomic mass is 10.0. The highest BCUT2D eigenvalue weighted by Gasteiger charge is 2.18. The van der Waals surface area contributed by atoms with Crippen molar-refractivity contribution in [1.82, 2.24) is 4.90 Å². The summed E-state index contributed by atoms with van der Waals surface area (Å²) in [4.78, 5) is 2.48. The number of anilines is 1. The smallest absolute Gasteiger partial charge is 0.142 e. The summed E-state index contributed by atoms with van der Waals surface area (Å²) >= 11 is 0. The maximum absolute atomic E-state index is 5.38. The molecule has 4 nitrogen and oxygen atoms in total. The topological polar surface area (TPSA) is 33.7 Å². The van der Waals surface area contributed by atoms with E-state index in [-0.39, 0.29) is 0 Å².